The molecule has 1 aromatic carbocycles. The summed E-state index contributed by atoms with van der Waals surface area (Å²) in [7, 11) is 1.71. The molecular formula is C10H14ClN3O. The Hall–Kier alpha value is -1.42. The highest BCUT2D eigenvalue weighted by atomic mass is 35.5. The van der Waals surface area contributed by atoms with Crippen molar-refractivity contribution in [3.8, 4) is 0 Å². The molecule has 0 atom stereocenters. The van der Waals surface area contributed by atoms with E-state index in [1.165, 1.54) is 0 Å². The molecule has 3 N–H and O–H groups in total. The van der Waals surface area contributed by atoms with Gasteiger partial charge in [0.2, 0.25) is 0 Å². The van der Waals surface area contributed by atoms with Crippen LogP contribution in [0.2, 0.25) is 5.02 Å². The largest absolute Gasteiger partial charge is 0.399 e. The van der Waals surface area contributed by atoms with Crippen molar-refractivity contribution in [1.29, 1.82) is 0 Å². The number of amides is 2. The third kappa shape index (κ3) is 3.02. The lowest BCUT2D eigenvalue weighted by Crippen LogP contribution is -2.31. The summed E-state index contributed by atoms with van der Waals surface area (Å²) in [5.41, 5.74) is 6.67. The number of carbonyl (C=O) groups is 1. The van der Waals surface area contributed by atoms with Gasteiger partial charge in [0.15, 0.2) is 0 Å². The number of urea groups is 1. The predicted octanol–water partition coefficient (Wildman–Crippen LogP) is 2.41. The van der Waals surface area contributed by atoms with E-state index >= 15 is 0 Å². The van der Waals surface area contributed by atoms with Crippen molar-refractivity contribution in [2.45, 2.75) is 6.92 Å². The lowest BCUT2D eigenvalue weighted by Gasteiger charge is -2.16. The zero-order valence-corrected chi connectivity index (χ0v) is 9.51. The van der Waals surface area contributed by atoms with Crippen LogP contribution >= 0.6 is 11.6 Å². The summed E-state index contributed by atoms with van der Waals surface area (Å²) in [5.74, 6) is 0. The minimum atomic E-state index is -0.191. The fourth-order valence-electron chi connectivity index (χ4n) is 0.987. The summed E-state index contributed by atoms with van der Waals surface area (Å²) < 4.78 is 0. The summed E-state index contributed by atoms with van der Waals surface area (Å²) in [6.07, 6.45) is 0. The van der Waals surface area contributed by atoms with E-state index in [0.717, 1.165) is 0 Å². The molecule has 1 rings (SSSR count). The second-order valence-corrected chi connectivity index (χ2v) is 3.59. The molecule has 15 heavy (non-hydrogen) atoms. The lowest BCUT2D eigenvalue weighted by molar-refractivity contribution is 0.224. The molecule has 0 aliphatic carbocycles. The SMILES string of the molecule is CCN(C)C(=O)Nc1ccc(N)cc1Cl. The number of rotatable bonds is 2. The number of nitrogens with two attached hydrogens (primary N) is 1. The Morgan fingerprint density at radius 2 is 2.27 bits per heavy atom. The molecule has 2 amide bonds. The van der Waals surface area contributed by atoms with Gasteiger partial charge in [-0.05, 0) is 25.1 Å². The van der Waals surface area contributed by atoms with Crippen molar-refractivity contribution in [3.63, 3.8) is 0 Å². The Morgan fingerprint density at radius 3 is 2.80 bits per heavy atom. The van der Waals surface area contributed by atoms with Crippen molar-refractivity contribution >= 4 is 29.0 Å². The quantitative estimate of drug-likeness (QED) is 0.763. The topological polar surface area (TPSA) is 58.4 Å². The highest BCUT2D eigenvalue weighted by Crippen LogP contribution is 2.24. The van der Waals surface area contributed by atoms with Crippen LogP contribution in [0.15, 0.2) is 18.2 Å². The van der Waals surface area contributed by atoms with E-state index in [4.69, 9.17) is 17.3 Å². The molecule has 0 bridgehead atoms. The Balaban J connectivity index is 2.77. The number of hydrogen-bond donors (Lipinski definition) is 2. The van der Waals surface area contributed by atoms with Gasteiger partial charge in [-0.15, -0.1) is 0 Å². The second kappa shape index (κ2) is 4.89. The first-order chi connectivity index (χ1) is 7.04. The number of benzene rings is 1. The molecule has 0 radical (unpaired) electrons. The van der Waals surface area contributed by atoms with E-state index in [1.807, 2.05) is 6.92 Å². The van der Waals surface area contributed by atoms with Gasteiger partial charge in [-0.1, -0.05) is 11.6 Å². The standard InChI is InChI=1S/C10H14ClN3O/c1-3-14(2)10(15)13-9-5-4-7(12)6-8(9)11/h4-6H,3,12H2,1-2H3,(H,13,15). The average molecular weight is 228 g/mol. The number of halogens is 1. The molecule has 4 nitrogen and oxygen atoms in total. The molecule has 0 heterocycles. The lowest BCUT2D eigenvalue weighted by atomic mass is 10.3. The van der Waals surface area contributed by atoms with Crippen LogP contribution in [-0.2, 0) is 0 Å². The summed E-state index contributed by atoms with van der Waals surface area (Å²) >= 11 is 5.91. The number of nitrogens with one attached hydrogen (secondary N) is 1. The van der Waals surface area contributed by atoms with E-state index < -0.39 is 0 Å². The van der Waals surface area contributed by atoms with Crippen LogP contribution in [0.3, 0.4) is 0 Å². The smallest absolute Gasteiger partial charge is 0.321 e. The van der Waals surface area contributed by atoms with Crippen LogP contribution in [0.1, 0.15) is 6.92 Å². The van der Waals surface area contributed by atoms with Crippen molar-refractivity contribution in [2.24, 2.45) is 0 Å². The van der Waals surface area contributed by atoms with Crippen molar-refractivity contribution < 1.29 is 4.79 Å². The maximum atomic E-state index is 11.5. The van der Waals surface area contributed by atoms with E-state index in [2.05, 4.69) is 5.32 Å². The van der Waals surface area contributed by atoms with Gasteiger partial charge in [0.05, 0.1) is 10.7 Å². The van der Waals surface area contributed by atoms with E-state index in [-0.39, 0.29) is 6.03 Å². The Kier molecular flexibility index (Phi) is 3.80. The first kappa shape index (κ1) is 11.7. The third-order valence-electron chi connectivity index (χ3n) is 2.06. The maximum absolute atomic E-state index is 11.5. The van der Waals surface area contributed by atoms with E-state index in [1.54, 1.807) is 30.1 Å². The highest BCUT2D eigenvalue weighted by Gasteiger charge is 2.08. The second-order valence-electron chi connectivity index (χ2n) is 3.18. The van der Waals surface area contributed by atoms with Gasteiger partial charge in [0, 0.05) is 19.3 Å². The van der Waals surface area contributed by atoms with Crippen LogP contribution in [0.5, 0.6) is 0 Å². The van der Waals surface area contributed by atoms with E-state index in [0.29, 0.717) is 22.9 Å². The number of nitrogens with zero attached hydrogens (tertiary/aromatic N) is 1. The third-order valence-corrected chi connectivity index (χ3v) is 2.37. The van der Waals surface area contributed by atoms with Crippen LogP contribution in [0, 0.1) is 0 Å². The minimum Gasteiger partial charge on any atom is -0.399 e. The summed E-state index contributed by atoms with van der Waals surface area (Å²) in [5, 5.41) is 3.13. The molecule has 0 fully saturated rings. The molecule has 0 aliphatic heterocycles. The molecule has 0 aromatic heterocycles. The van der Waals surface area contributed by atoms with Crippen LogP contribution in [0.25, 0.3) is 0 Å². The van der Waals surface area contributed by atoms with Crippen LogP contribution < -0.4 is 11.1 Å². The van der Waals surface area contributed by atoms with Gasteiger partial charge in [-0.2, -0.15) is 0 Å². The molecule has 0 aliphatic rings. The Labute approximate surface area is 94.0 Å². The molecule has 82 valence electrons. The summed E-state index contributed by atoms with van der Waals surface area (Å²) in [6, 6.07) is 4.78. The fraction of sp³-hybridized carbons (Fsp3) is 0.300. The first-order valence-corrected chi connectivity index (χ1v) is 4.99. The molecular weight excluding hydrogens is 214 g/mol. The van der Waals surface area contributed by atoms with E-state index in [9.17, 15) is 4.79 Å². The Morgan fingerprint density at radius 1 is 1.60 bits per heavy atom. The van der Waals surface area contributed by atoms with Crippen LogP contribution in [-0.4, -0.2) is 24.5 Å². The summed E-state index contributed by atoms with van der Waals surface area (Å²) in [6.45, 7) is 2.53. The van der Waals surface area contributed by atoms with Gasteiger partial charge >= 0.3 is 6.03 Å². The molecule has 1 aromatic rings. The van der Waals surface area contributed by atoms with Gasteiger partial charge in [-0.25, -0.2) is 4.79 Å². The normalized spacial score (nSPS) is 9.80. The molecule has 0 unspecified atom stereocenters. The molecule has 5 heteroatoms. The fourth-order valence-corrected chi connectivity index (χ4v) is 1.22. The zero-order valence-electron chi connectivity index (χ0n) is 8.75. The summed E-state index contributed by atoms with van der Waals surface area (Å²) in [4.78, 5) is 13.1. The van der Waals surface area contributed by atoms with Gasteiger partial charge in [0.1, 0.15) is 0 Å². The van der Waals surface area contributed by atoms with Gasteiger partial charge in [-0.3, -0.25) is 0 Å². The average Bonchev–Trinajstić information content (AvgIpc) is 2.20. The number of hydrogen-bond acceptors (Lipinski definition) is 2. The molecule has 0 saturated heterocycles. The maximum Gasteiger partial charge on any atom is 0.321 e. The first-order valence-electron chi connectivity index (χ1n) is 4.61. The predicted molar refractivity (Wildman–Crippen MR) is 63.2 cm³/mol. The number of anilines is 2. The monoisotopic (exact) mass is 227 g/mol. The zero-order chi connectivity index (χ0) is 11.4. The number of carbonyl (C=O) groups excluding carboxylic acids is 1. The minimum absolute atomic E-state index is 0.191. The molecule has 0 saturated carbocycles. The van der Waals surface area contributed by atoms with Crippen LogP contribution in [0.4, 0.5) is 16.2 Å². The number of nitrogen functional groups attached to an aromatic ring is 1. The van der Waals surface area contributed by atoms with Crippen molar-refractivity contribution in [3.05, 3.63) is 23.2 Å². The van der Waals surface area contributed by atoms with Gasteiger partial charge < -0.3 is 16.0 Å². The van der Waals surface area contributed by atoms with Crippen molar-refractivity contribution in [2.75, 3.05) is 24.6 Å². The Bertz CT molecular complexity index is 368. The highest BCUT2D eigenvalue weighted by molar-refractivity contribution is 6.34. The van der Waals surface area contributed by atoms with Crippen molar-refractivity contribution in [1.82, 2.24) is 4.90 Å². The molecule has 0 spiro atoms. The van der Waals surface area contributed by atoms with Gasteiger partial charge in [0.25, 0.3) is 0 Å².